The summed E-state index contributed by atoms with van der Waals surface area (Å²) in [6, 6.07) is 0.580. The van der Waals surface area contributed by atoms with Crippen molar-refractivity contribution in [3.05, 3.63) is 11.9 Å². The van der Waals surface area contributed by atoms with Crippen molar-refractivity contribution in [3.8, 4) is 0 Å². The zero-order valence-electron chi connectivity index (χ0n) is 9.74. The average Bonchev–Trinajstić information content (AvgIpc) is 2.77. The van der Waals surface area contributed by atoms with E-state index in [1.807, 2.05) is 11.8 Å². The number of hydrogen-bond acceptors (Lipinski definition) is 5. The topological polar surface area (TPSA) is 71.2 Å². The molecule has 0 bridgehead atoms. The highest BCUT2D eigenvalue weighted by Gasteiger charge is 2.18. The minimum atomic E-state index is -1.03. The number of carboxylic acids is 1. The summed E-state index contributed by atoms with van der Waals surface area (Å²) < 4.78 is 1.60. The minimum absolute atomic E-state index is 0.00671. The second-order valence-corrected chi connectivity index (χ2v) is 5.28. The van der Waals surface area contributed by atoms with Gasteiger partial charge in [-0.3, -0.25) is 9.58 Å². The standard InChI is InChI=1S/C10H16N4O2S/c1-8-7-17-5-4-13(8)2-3-14-6-9(10(15)16)11-12-14/h6,8H,2-5,7H2,1H3,(H,15,16). The van der Waals surface area contributed by atoms with Gasteiger partial charge in [0.25, 0.3) is 0 Å². The van der Waals surface area contributed by atoms with Crippen molar-refractivity contribution in [2.24, 2.45) is 0 Å². The van der Waals surface area contributed by atoms with Crippen LogP contribution in [0.1, 0.15) is 17.4 Å². The van der Waals surface area contributed by atoms with E-state index in [-0.39, 0.29) is 5.69 Å². The maximum atomic E-state index is 10.6. The number of rotatable bonds is 4. The SMILES string of the molecule is CC1CSCCN1CCn1cc(C(=O)O)nn1. The summed E-state index contributed by atoms with van der Waals surface area (Å²) in [5.41, 5.74) is 0.00671. The van der Waals surface area contributed by atoms with Crippen LogP contribution in [0.15, 0.2) is 6.20 Å². The van der Waals surface area contributed by atoms with E-state index in [9.17, 15) is 4.79 Å². The van der Waals surface area contributed by atoms with Gasteiger partial charge >= 0.3 is 5.97 Å². The molecule has 1 aromatic heterocycles. The molecular weight excluding hydrogens is 240 g/mol. The molecular formula is C10H16N4O2S. The largest absolute Gasteiger partial charge is 0.476 e. The van der Waals surface area contributed by atoms with Crippen molar-refractivity contribution in [2.45, 2.75) is 19.5 Å². The van der Waals surface area contributed by atoms with E-state index in [2.05, 4.69) is 22.1 Å². The van der Waals surface area contributed by atoms with Crippen LogP contribution in [0.5, 0.6) is 0 Å². The molecule has 0 aliphatic carbocycles. The third-order valence-electron chi connectivity index (χ3n) is 2.88. The molecule has 2 heterocycles. The van der Waals surface area contributed by atoms with E-state index in [1.165, 1.54) is 11.9 Å². The molecule has 0 aromatic carbocycles. The molecule has 1 N–H and O–H groups in total. The second kappa shape index (κ2) is 5.50. The van der Waals surface area contributed by atoms with Crippen LogP contribution in [0.2, 0.25) is 0 Å². The summed E-state index contributed by atoms with van der Waals surface area (Å²) in [7, 11) is 0. The quantitative estimate of drug-likeness (QED) is 0.841. The van der Waals surface area contributed by atoms with Crippen molar-refractivity contribution in [1.29, 1.82) is 0 Å². The molecule has 1 saturated heterocycles. The highest BCUT2D eigenvalue weighted by atomic mass is 32.2. The fourth-order valence-corrected chi connectivity index (χ4v) is 2.91. The van der Waals surface area contributed by atoms with Crippen molar-refractivity contribution in [2.75, 3.05) is 24.6 Å². The summed E-state index contributed by atoms with van der Waals surface area (Å²) in [5, 5.41) is 16.1. The molecule has 94 valence electrons. The molecule has 2 rings (SSSR count). The average molecular weight is 256 g/mol. The molecule has 0 amide bonds. The van der Waals surface area contributed by atoms with Crippen LogP contribution in [0.4, 0.5) is 0 Å². The molecule has 7 heteroatoms. The van der Waals surface area contributed by atoms with Gasteiger partial charge in [0, 0.05) is 30.6 Å². The van der Waals surface area contributed by atoms with E-state index in [1.54, 1.807) is 4.68 Å². The van der Waals surface area contributed by atoms with E-state index in [0.717, 1.165) is 18.8 Å². The molecule has 1 aromatic rings. The number of aromatic carboxylic acids is 1. The van der Waals surface area contributed by atoms with Gasteiger partial charge in [0.15, 0.2) is 5.69 Å². The Balaban J connectivity index is 1.86. The van der Waals surface area contributed by atoms with Crippen LogP contribution >= 0.6 is 11.8 Å². The van der Waals surface area contributed by atoms with Crippen LogP contribution in [-0.4, -0.2) is 61.6 Å². The van der Waals surface area contributed by atoms with Gasteiger partial charge in [0.2, 0.25) is 0 Å². The summed E-state index contributed by atoms with van der Waals surface area (Å²) in [5.74, 6) is 1.30. The van der Waals surface area contributed by atoms with Crippen LogP contribution in [0.25, 0.3) is 0 Å². The number of thioether (sulfide) groups is 1. The first-order valence-electron chi connectivity index (χ1n) is 5.62. The molecule has 0 radical (unpaired) electrons. The number of carboxylic acid groups (broad SMARTS) is 1. The van der Waals surface area contributed by atoms with Gasteiger partial charge in [-0.2, -0.15) is 11.8 Å². The zero-order chi connectivity index (χ0) is 12.3. The second-order valence-electron chi connectivity index (χ2n) is 4.13. The Kier molecular flexibility index (Phi) is 4.01. The van der Waals surface area contributed by atoms with Crippen molar-refractivity contribution in [1.82, 2.24) is 19.9 Å². The Morgan fingerprint density at radius 3 is 3.12 bits per heavy atom. The Hall–Kier alpha value is -1.08. The van der Waals surface area contributed by atoms with Gasteiger partial charge in [-0.05, 0) is 6.92 Å². The monoisotopic (exact) mass is 256 g/mol. The molecule has 1 atom stereocenters. The van der Waals surface area contributed by atoms with Gasteiger partial charge in [-0.25, -0.2) is 4.79 Å². The van der Waals surface area contributed by atoms with E-state index in [4.69, 9.17) is 5.11 Å². The van der Waals surface area contributed by atoms with Crippen molar-refractivity contribution in [3.63, 3.8) is 0 Å². The van der Waals surface area contributed by atoms with Crippen LogP contribution in [-0.2, 0) is 6.54 Å². The summed E-state index contributed by atoms with van der Waals surface area (Å²) >= 11 is 1.98. The maximum absolute atomic E-state index is 10.6. The van der Waals surface area contributed by atoms with Gasteiger partial charge in [0.05, 0.1) is 12.7 Å². The minimum Gasteiger partial charge on any atom is -0.476 e. The van der Waals surface area contributed by atoms with Crippen LogP contribution in [0.3, 0.4) is 0 Å². The Bertz CT molecular complexity index is 395. The molecule has 1 unspecified atom stereocenters. The summed E-state index contributed by atoms with van der Waals surface area (Å²) in [4.78, 5) is 13.0. The molecule has 0 spiro atoms. The van der Waals surface area contributed by atoms with E-state index < -0.39 is 5.97 Å². The molecule has 6 nitrogen and oxygen atoms in total. The lowest BCUT2D eigenvalue weighted by molar-refractivity contribution is 0.0690. The van der Waals surface area contributed by atoms with Gasteiger partial charge < -0.3 is 5.11 Å². The lowest BCUT2D eigenvalue weighted by Crippen LogP contribution is -2.42. The first kappa shape index (κ1) is 12.4. The molecule has 1 fully saturated rings. The predicted octanol–water partition coefficient (Wildman–Crippen LogP) is 0.414. The highest BCUT2D eigenvalue weighted by molar-refractivity contribution is 7.99. The maximum Gasteiger partial charge on any atom is 0.358 e. The van der Waals surface area contributed by atoms with Crippen molar-refractivity contribution < 1.29 is 9.90 Å². The molecule has 1 aliphatic rings. The molecule has 17 heavy (non-hydrogen) atoms. The summed E-state index contributed by atoms with van der Waals surface area (Å²) in [6.45, 7) is 4.89. The van der Waals surface area contributed by atoms with E-state index >= 15 is 0 Å². The zero-order valence-corrected chi connectivity index (χ0v) is 10.6. The van der Waals surface area contributed by atoms with Gasteiger partial charge in [-0.1, -0.05) is 5.21 Å². The van der Waals surface area contributed by atoms with Gasteiger partial charge in [-0.15, -0.1) is 5.10 Å². The number of nitrogens with zero attached hydrogens (tertiary/aromatic N) is 4. The fourth-order valence-electron chi connectivity index (χ4n) is 1.83. The first-order chi connectivity index (χ1) is 8.16. The van der Waals surface area contributed by atoms with Crippen LogP contribution < -0.4 is 0 Å². The third-order valence-corrected chi connectivity index (χ3v) is 4.07. The summed E-state index contributed by atoms with van der Waals surface area (Å²) in [6.07, 6.45) is 1.48. The smallest absolute Gasteiger partial charge is 0.358 e. The Labute approximate surface area is 104 Å². The number of hydrogen-bond donors (Lipinski definition) is 1. The van der Waals surface area contributed by atoms with E-state index in [0.29, 0.717) is 12.6 Å². The molecule has 0 saturated carbocycles. The lowest BCUT2D eigenvalue weighted by Gasteiger charge is -2.32. The van der Waals surface area contributed by atoms with Crippen LogP contribution in [0, 0.1) is 0 Å². The number of aromatic nitrogens is 3. The molecule has 1 aliphatic heterocycles. The van der Waals surface area contributed by atoms with Gasteiger partial charge in [0.1, 0.15) is 0 Å². The Morgan fingerprint density at radius 1 is 1.65 bits per heavy atom. The third kappa shape index (κ3) is 3.19. The van der Waals surface area contributed by atoms with Crippen molar-refractivity contribution >= 4 is 17.7 Å². The lowest BCUT2D eigenvalue weighted by atomic mass is 10.3. The first-order valence-corrected chi connectivity index (χ1v) is 6.77. The number of carbonyl (C=O) groups is 1. The normalized spacial score (nSPS) is 21.6. The predicted molar refractivity (Wildman–Crippen MR) is 65.3 cm³/mol. The fraction of sp³-hybridized carbons (Fsp3) is 0.700. The Morgan fingerprint density at radius 2 is 2.47 bits per heavy atom. The highest BCUT2D eigenvalue weighted by Crippen LogP contribution is 2.15.